The summed E-state index contributed by atoms with van der Waals surface area (Å²) >= 11 is 0. The summed E-state index contributed by atoms with van der Waals surface area (Å²) in [6.07, 6.45) is 1.55. The Morgan fingerprint density at radius 1 is 1.25 bits per heavy atom. The molecule has 0 saturated heterocycles. The first-order chi connectivity index (χ1) is 11.5. The van der Waals surface area contributed by atoms with Crippen LogP contribution in [0.3, 0.4) is 0 Å². The quantitative estimate of drug-likeness (QED) is 0.846. The highest BCUT2D eigenvalue weighted by Gasteiger charge is 2.23. The molecule has 0 aliphatic heterocycles. The van der Waals surface area contributed by atoms with E-state index in [1.54, 1.807) is 32.4 Å². The van der Waals surface area contributed by atoms with E-state index < -0.39 is 6.04 Å². The second-order valence-electron chi connectivity index (χ2n) is 5.47. The molecule has 2 rings (SSSR count). The highest BCUT2D eigenvalue weighted by atomic mass is 16.5. The number of ether oxygens (including phenoxy) is 1. The number of carbonyl (C=O) groups excluding carboxylic acids is 2. The van der Waals surface area contributed by atoms with Crippen LogP contribution in [0.2, 0.25) is 0 Å². The molecule has 24 heavy (non-hydrogen) atoms. The molecule has 6 heteroatoms. The van der Waals surface area contributed by atoms with Crippen molar-refractivity contribution in [3.05, 3.63) is 54.0 Å². The average molecular weight is 330 g/mol. The van der Waals surface area contributed by atoms with Gasteiger partial charge in [0, 0.05) is 13.5 Å². The fraction of sp³-hybridized carbons (Fsp3) is 0.333. The van der Waals surface area contributed by atoms with Gasteiger partial charge in [-0.15, -0.1) is 0 Å². The summed E-state index contributed by atoms with van der Waals surface area (Å²) < 4.78 is 10.3. The first kappa shape index (κ1) is 17.6. The number of carbonyl (C=O) groups is 2. The molecule has 1 aromatic carbocycles. The topological polar surface area (TPSA) is 71.8 Å². The lowest BCUT2D eigenvalue weighted by Gasteiger charge is -2.27. The number of benzene rings is 1. The van der Waals surface area contributed by atoms with Crippen LogP contribution in [0.5, 0.6) is 5.75 Å². The van der Waals surface area contributed by atoms with E-state index in [0.717, 1.165) is 11.3 Å². The zero-order valence-corrected chi connectivity index (χ0v) is 14.1. The smallest absolute Gasteiger partial charge is 0.242 e. The fourth-order valence-electron chi connectivity index (χ4n) is 2.33. The van der Waals surface area contributed by atoms with E-state index in [1.165, 1.54) is 11.8 Å². The van der Waals surface area contributed by atoms with Gasteiger partial charge in [-0.1, -0.05) is 12.1 Å². The van der Waals surface area contributed by atoms with Crippen molar-refractivity contribution >= 4 is 11.8 Å². The summed E-state index contributed by atoms with van der Waals surface area (Å²) in [5.74, 6) is 1.03. The molecule has 128 valence electrons. The second kappa shape index (κ2) is 8.19. The van der Waals surface area contributed by atoms with Crippen LogP contribution in [0, 0.1) is 0 Å². The number of methoxy groups -OCH3 is 1. The Labute approximate surface area is 141 Å². The van der Waals surface area contributed by atoms with Crippen LogP contribution in [0.15, 0.2) is 47.1 Å². The van der Waals surface area contributed by atoms with Gasteiger partial charge in [0.15, 0.2) is 0 Å². The zero-order chi connectivity index (χ0) is 17.5. The maximum absolute atomic E-state index is 12.3. The molecular formula is C18H22N2O4. The van der Waals surface area contributed by atoms with Gasteiger partial charge in [-0.3, -0.25) is 9.59 Å². The number of furan rings is 1. The number of nitrogens with zero attached hydrogens (tertiary/aromatic N) is 1. The molecule has 0 fully saturated rings. The first-order valence-electron chi connectivity index (χ1n) is 7.71. The summed E-state index contributed by atoms with van der Waals surface area (Å²) in [5.41, 5.74) is 0.927. The predicted molar refractivity (Wildman–Crippen MR) is 89.2 cm³/mol. The van der Waals surface area contributed by atoms with Crippen LogP contribution in [-0.2, 0) is 22.7 Å². The van der Waals surface area contributed by atoms with Gasteiger partial charge in [-0.25, -0.2) is 0 Å². The SMILES string of the molecule is COc1ccc(CN(C(C)=O)[C@H](C)C(=O)NCc2ccco2)cc1. The van der Waals surface area contributed by atoms with E-state index in [-0.39, 0.29) is 11.8 Å². The van der Waals surface area contributed by atoms with Crippen LogP contribution in [-0.4, -0.2) is 29.9 Å². The van der Waals surface area contributed by atoms with Crippen molar-refractivity contribution in [2.24, 2.45) is 0 Å². The van der Waals surface area contributed by atoms with Gasteiger partial charge in [0.25, 0.3) is 0 Å². The summed E-state index contributed by atoms with van der Waals surface area (Å²) in [7, 11) is 1.60. The van der Waals surface area contributed by atoms with Crippen molar-refractivity contribution < 1.29 is 18.7 Å². The Morgan fingerprint density at radius 2 is 1.96 bits per heavy atom. The molecule has 2 aromatic rings. The largest absolute Gasteiger partial charge is 0.497 e. The monoisotopic (exact) mass is 330 g/mol. The lowest BCUT2D eigenvalue weighted by Crippen LogP contribution is -2.46. The molecule has 0 aliphatic rings. The van der Waals surface area contributed by atoms with Gasteiger partial charge < -0.3 is 19.4 Å². The highest BCUT2D eigenvalue weighted by molar-refractivity contribution is 5.86. The standard InChI is InChI=1S/C18H22N2O4/c1-13(18(22)19-11-17-5-4-10-24-17)20(14(2)21)12-15-6-8-16(23-3)9-7-15/h4-10,13H,11-12H2,1-3H3,(H,19,22)/t13-/m1/s1. The minimum Gasteiger partial charge on any atom is -0.497 e. The van der Waals surface area contributed by atoms with E-state index in [4.69, 9.17) is 9.15 Å². The zero-order valence-electron chi connectivity index (χ0n) is 14.1. The van der Waals surface area contributed by atoms with Crippen molar-refractivity contribution in [3.8, 4) is 5.75 Å². The van der Waals surface area contributed by atoms with Crippen LogP contribution < -0.4 is 10.1 Å². The molecule has 2 amide bonds. The van der Waals surface area contributed by atoms with Crippen LogP contribution in [0.4, 0.5) is 0 Å². The number of amides is 2. The summed E-state index contributed by atoms with van der Waals surface area (Å²) in [4.78, 5) is 25.8. The third-order valence-corrected chi connectivity index (χ3v) is 3.78. The van der Waals surface area contributed by atoms with E-state index in [1.807, 2.05) is 24.3 Å². The van der Waals surface area contributed by atoms with Gasteiger partial charge in [0.05, 0.1) is 19.9 Å². The minimum absolute atomic E-state index is 0.161. The fourth-order valence-corrected chi connectivity index (χ4v) is 2.33. The molecule has 1 heterocycles. The molecule has 1 N–H and O–H groups in total. The number of hydrogen-bond donors (Lipinski definition) is 1. The number of hydrogen-bond acceptors (Lipinski definition) is 4. The number of rotatable bonds is 7. The van der Waals surface area contributed by atoms with Gasteiger partial charge in [0.1, 0.15) is 17.6 Å². The molecule has 6 nitrogen and oxygen atoms in total. The molecule has 0 aliphatic carbocycles. The van der Waals surface area contributed by atoms with Crippen molar-refractivity contribution in [1.82, 2.24) is 10.2 Å². The van der Waals surface area contributed by atoms with Crippen molar-refractivity contribution in [1.29, 1.82) is 0 Å². The Morgan fingerprint density at radius 3 is 2.50 bits per heavy atom. The Kier molecular flexibility index (Phi) is 6.01. The molecule has 0 bridgehead atoms. The molecule has 0 spiro atoms. The Balaban J connectivity index is 1.99. The first-order valence-corrected chi connectivity index (χ1v) is 7.71. The molecule has 1 atom stereocenters. The third-order valence-electron chi connectivity index (χ3n) is 3.78. The molecule has 0 unspecified atom stereocenters. The van der Waals surface area contributed by atoms with E-state index in [2.05, 4.69) is 5.32 Å². The minimum atomic E-state index is -0.584. The summed E-state index contributed by atoms with van der Waals surface area (Å²) in [6, 6.07) is 10.4. The maximum Gasteiger partial charge on any atom is 0.242 e. The highest BCUT2D eigenvalue weighted by Crippen LogP contribution is 2.15. The van der Waals surface area contributed by atoms with Crippen LogP contribution >= 0.6 is 0 Å². The predicted octanol–water partition coefficient (Wildman–Crippen LogP) is 2.34. The number of nitrogens with one attached hydrogen (secondary N) is 1. The van der Waals surface area contributed by atoms with Gasteiger partial charge in [0.2, 0.25) is 11.8 Å². The van der Waals surface area contributed by atoms with E-state index >= 15 is 0 Å². The van der Waals surface area contributed by atoms with Crippen molar-refractivity contribution in [2.75, 3.05) is 7.11 Å². The average Bonchev–Trinajstić information content (AvgIpc) is 3.10. The molecular weight excluding hydrogens is 308 g/mol. The lowest BCUT2D eigenvalue weighted by atomic mass is 10.1. The second-order valence-corrected chi connectivity index (χ2v) is 5.47. The van der Waals surface area contributed by atoms with Crippen molar-refractivity contribution in [3.63, 3.8) is 0 Å². The van der Waals surface area contributed by atoms with E-state index in [0.29, 0.717) is 18.8 Å². The Bertz CT molecular complexity index is 665. The normalized spacial score (nSPS) is 11.6. The maximum atomic E-state index is 12.3. The van der Waals surface area contributed by atoms with Crippen molar-refractivity contribution in [2.45, 2.75) is 33.0 Å². The molecule has 0 radical (unpaired) electrons. The molecule has 1 aromatic heterocycles. The van der Waals surface area contributed by atoms with Gasteiger partial charge in [-0.05, 0) is 36.8 Å². The van der Waals surface area contributed by atoms with Gasteiger partial charge in [-0.2, -0.15) is 0 Å². The Hall–Kier alpha value is -2.76. The summed E-state index contributed by atoms with van der Waals surface area (Å²) in [6.45, 7) is 3.82. The van der Waals surface area contributed by atoms with Crippen LogP contribution in [0.1, 0.15) is 25.2 Å². The van der Waals surface area contributed by atoms with E-state index in [9.17, 15) is 9.59 Å². The lowest BCUT2D eigenvalue weighted by molar-refractivity contribution is -0.139. The van der Waals surface area contributed by atoms with Gasteiger partial charge >= 0.3 is 0 Å². The van der Waals surface area contributed by atoms with Crippen LogP contribution in [0.25, 0.3) is 0 Å². The third kappa shape index (κ3) is 4.62. The molecule has 0 saturated carbocycles. The summed E-state index contributed by atoms with van der Waals surface area (Å²) in [5, 5.41) is 2.78.